The third-order valence-corrected chi connectivity index (χ3v) is 2.63. The van der Waals surface area contributed by atoms with Gasteiger partial charge in [-0.3, -0.25) is 0 Å². The second-order valence-corrected chi connectivity index (χ2v) is 4.76. The van der Waals surface area contributed by atoms with E-state index in [4.69, 9.17) is 0 Å². The Morgan fingerprint density at radius 2 is 2.05 bits per heavy atom. The van der Waals surface area contributed by atoms with Crippen LogP contribution >= 0.6 is 0 Å². The van der Waals surface area contributed by atoms with Crippen LogP contribution in [-0.4, -0.2) is 21.5 Å². The maximum atomic E-state index is 13.2. The van der Waals surface area contributed by atoms with Crippen LogP contribution in [-0.2, 0) is 6.54 Å². The Bertz CT molecular complexity index is 551. The maximum Gasteiger partial charge on any atom is 0.160 e. The molecule has 0 unspecified atom stereocenters. The van der Waals surface area contributed by atoms with Crippen LogP contribution in [0.2, 0.25) is 0 Å². The lowest BCUT2D eigenvalue weighted by Gasteiger charge is -2.09. The Balaban J connectivity index is 2.16. The summed E-state index contributed by atoms with van der Waals surface area (Å²) >= 11 is 0. The van der Waals surface area contributed by atoms with Gasteiger partial charge < -0.3 is 5.32 Å². The smallest absolute Gasteiger partial charge is 0.160 e. The average Bonchev–Trinajstić information content (AvgIpc) is 2.80. The molecule has 0 aliphatic carbocycles. The predicted octanol–water partition coefficient (Wildman–Crippen LogP) is 2.29. The minimum atomic E-state index is -0.894. The van der Waals surface area contributed by atoms with Crippen molar-refractivity contribution >= 4 is 0 Å². The number of nitrogens with one attached hydrogen (secondary N) is 1. The van der Waals surface area contributed by atoms with Gasteiger partial charge in [0.15, 0.2) is 11.6 Å². The Morgan fingerprint density at radius 3 is 2.74 bits per heavy atom. The minimum absolute atomic E-state index is 0.456. The molecule has 0 saturated heterocycles. The van der Waals surface area contributed by atoms with Crippen molar-refractivity contribution in [1.29, 1.82) is 0 Å². The van der Waals surface area contributed by atoms with Crippen molar-refractivity contribution in [3.8, 4) is 5.69 Å². The number of aromatic nitrogens is 3. The SMILES string of the molecule is CC(C)CNCc1cnnn1-c1ccc(F)c(F)c1. The molecule has 1 aromatic heterocycles. The molecule has 4 nitrogen and oxygen atoms in total. The van der Waals surface area contributed by atoms with E-state index in [2.05, 4.69) is 29.5 Å². The van der Waals surface area contributed by atoms with E-state index < -0.39 is 11.6 Å². The third-order valence-electron chi connectivity index (χ3n) is 2.63. The molecule has 102 valence electrons. The molecule has 2 aromatic rings. The standard InChI is InChI=1S/C13H16F2N4/c1-9(2)6-16-7-11-8-17-18-19(11)10-3-4-12(14)13(15)5-10/h3-5,8-9,16H,6-7H2,1-2H3. The molecule has 0 aliphatic rings. The molecular formula is C13H16F2N4. The summed E-state index contributed by atoms with van der Waals surface area (Å²) in [5.41, 5.74) is 1.25. The molecule has 2 rings (SSSR count). The first-order chi connectivity index (χ1) is 9.08. The van der Waals surface area contributed by atoms with Crippen molar-refractivity contribution in [2.45, 2.75) is 20.4 Å². The van der Waals surface area contributed by atoms with Crippen LogP contribution in [0.4, 0.5) is 8.78 Å². The van der Waals surface area contributed by atoms with E-state index >= 15 is 0 Å². The fourth-order valence-corrected chi connectivity index (χ4v) is 1.70. The number of hydrogen-bond donors (Lipinski definition) is 1. The van der Waals surface area contributed by atoms with Gasteiger partial charge in [-0.2, -0.15) is 0 Å². The zero-order chi connectivity index (χ0) is 13.8. The second kappa shape index (κ2) is 5.88. The average molecular weight is 266 g/mol. The van der Waals surface area contributed by atoms with Gasteiger partial charge in [-0.1, -0.05) is 19.1 Å². The molecule has 0 atom stereocenters. The van der Waals surface area contributed by atoms with Crippen molar-refractivity contribution < 1.29 is 8.78 Å². The summed E-state index contributed by atoms with van der Waals surface area (Å²) in [4.78, 5) is 0. The molecule has 0 spiro atoms. The first kappa shape index (κ1) is 13.6. The van der Waals surface area contributed by atoms with E-state index in [1.807, 2.05) is 0 Å². The van der Waals surface area contributed by atoms with Gasteiger partial charge in [0, 0.05) is 12.6 Å². The second-order valence-electron chi connectivity index (χ2n) is 4.76. The zero-order valence-electron chi connectivity index (χ0n) is 10.9. The van der Waals surface area contributed by atoms with Crippen molar-refractivity contribution in [2.24, 2.45) is 5.92 Å². The van der Waals surface area contributed by atoms with Crippen LogP contribution in [0, 0.1) is 17.6 Å². The molecule has 6 heteroatoms. The lowest BCUT2D eigenvalue weighted by molar-refractivity contribution is 0.506. The molecule has 0 aliphatic heterocycles. The molecule has 0 fully saturated rings. The normalized spacial score (nSPS) is 11.2. The Hall–Kier alpha value is -1.82. The Morgan fingerprint density at radius 1 is 1.26 bits per heavy atom. The van der Waals surface area contributed by atoms with Crippen molar-refractivity contribution in [1.82, 2.24) is 20.3 Å². The lowest BCUT2D eigenvalue weighted by atomic mass is 10.2. The maximum absolute atomic E-state index is 13.2. The van der Waals surface area contributed by atoms with Gasteiger partial charge in [-0.05, 0) is 24.6 Å². The first-order valence-electron chi connectivity index (χ1n) is 6.13. The third kappa shape index (κ3) is 3.35. The largest absolute Gasteiger partial charge is 0.311 e. The summed E-state index contributed by atoms with van der Waals surface area (Å²) in [7, 11) is 0. The van der Waals surface area contributed by atoms with Crippen LogP contribution < -0.4 is 5.32 Å². The number of nitrogens with zero attached hydrogens (tertiary/aromatic N) is 3. The van der Waals surface area contributed by atoms with Crippen LogP contribution in [0.15, 0.2) is 24.4 Å². The van der Waals surface area contributed by atoms with E-state index in [1.54, 1.807) is 6.20 Å². The molecule has 1 N–H and O–H groups in total. The van der Waals surface area contributed by atoms with E-state index in [-0.39, 0.29) is 0 Å². The lowest BCUT2D eigenvalue weighted by Crippen LogP contribution is -2.20. The van der Waals surface area contributed by atoms with Crippen molar-refractivity contribution in [2.75, 3.05) is 6.54 Å². The summed E-state index contributed by atoms with van der Waals surface area (Å²) < 4.78 is 27.6. The van der Waals surface area contributed by atoms with Crippen molar-refractivity contribution in [3.63, 3.8) is 0 Å². The number of benzene rings is 1. The molecule has 0 radical (unpaired) electrons. The van der Waals surface area contributed by atoms with Gasteiger partial charge >= 0.3 is 0 Å². The van der Waals surface area contributed by atoms with Gasteiger partial charge in [0.25, 0.3) is 0 Å². The predicted molar refractivity (Wildman–Crippen MR) is 67.8 cm³/mol. The van der Waals surface area contributed by atoms with Gasteiger partial charge in [0.1, 0.15) is 0 Å². The number of halogens is 2. The molecule has 0 bridgehead atoms. The highest BCUT2D eigenvalue weighted by Gasteiger charge is 2.09. The molecular weight excluding hydrogens is 250 g/mol. The summed E-state index contributed by atoms with van der Waals surface area (Å²) in [5.74, 6) is -1.23. The van der Waals surface area contributed by atoms with Crippen LogP contribution in [0.3, 0.4) is 0 Å². The minimum Gasteiger partial charge on any atom is -0.311 e. The topological polar surface area (TPSA) is 42.7 Å². The summed E-state index contributed by atoms with van der Waals surface area (Å²) in [6, 6.07) is 3.66. The molecule has 0 amide bonds. The molecule has 19 heavy (non-hydrogen) atoms. The van der Waals surface area contributed by atoms with Crippen molar-refractivity contribution in [3.05, 3.63) is 41.7 Å². The van der Waals surface area contributed by atoms with Crippen LogP contribution in [0.5, 0.6) is 0 Å². The number of hydrogen-bond acceptors (Lipinski definition) is 3. The van der Waals surface area contributed by atoms with E-state index in [0.29, 0.717) is 18.2 Å². The highest BCUT2D eigenvalue weighted by molar-refractivity contribution is 5.32. The number of rotatable bonds is 5. The highest BCUT2D eigenvalue weighted by Crippen LogP contribution is 2.13. The zero-order valence-corrected chi connectivity index (χ0v) is 10.9. The summed E-state index contributed by atoms with van der Waals surface area (Å²) in [6.45, 7) is 5.66. The fourth-order valence-electron chi connectivity index (χ4n) is 1.70. The van der Waals surface area contributed by atoms with Crippen LogP contribution in [0.1, 0.15) is 19.5 Å². The van der Waals surface area contributed by atoms with E-state index in [0.717, 1.165) is 24.4 Å². The Kier molecular flexibility index (Phi) is 4.21. The highest BCUT2D eigenvalue weighted by atomic mass is 19.2. The van der Waals surface area contributed by atoms with E-state index in [1.165, 1.54) is 10.7 Å². The van der Waals surface area contributed by atoms with Crippen LogP contribution in [0.25, 0.3) is 5.69 Å². The van der Waals surface area contributed by atoms with Gasteiger partial charge in [-0.15, -0.1) is 5.10 Å². The molecule has 0 saturated carbocycles. The molecule has 1 heterocycles. The van der Waals surface area contributed by atoms with Gasteiger partial charge in [-0.25, -0.2) is 13.5 Å². The summed E-state index contributed by atoms with van der Waals surface area (Å²) in [5, 5.41) is 11.0. The molecule has 1 aromatic carbocycles. The Labute approximate surface area is 110 Å². The monoisotopic (exact) mass is 266 g/mol. The summed E-state index contributed by atoms with van der Waals surface area (Å²) in [6.07, 6.45) is 1.61. The van der Waals surface area contributed by atoms with E-state index in [9.17, 15) is 8.78 Å². The fraction of sp³-hybridized carbons (Fsp3) is 0.385. The first-order valence-corrected chi connectivity index (χ1v) is 6.13. The van der Waals surface area contributed by atoms with Gasteiger partial charge in [0.05, 0.1) is 17.6 Å². The van der Waals surface area contributed by atoms with Gasteiger partial charge in [0.2, 0.25) is 0 Å². The quantitative estimate of drug-likeness (QED) is 0.903.